The van der Waals surface area contributed by atoms with Crippen LogP contribution in [-0.4, -0.2) is 38.8 Å². The average Bonchev–Trinajstić information content (AvgIpc) is 3.27. The summed E-state index contributed by atoms with van der Waals surface area (Å²) in [7, 11) is 0. The Balaban J connectivity index is 1.86. The molecule has 3 N–H and O–H groups in total. The highest BCUT2D eigenvalue weighted by Crippen LogP contribution is 2.32. The van der Waals surface area contributed by atoms with E-state index >= 15 is 0 Å². The van der Waals surface area contributed by atoms with E-state index in [1.165, 1.54) is 0 Å². The van der Waals surface area contributed by atoms with Crippen molar-refractivity contribution in [3.05, 3.63) is 46.8 Å². The molecule has 3 rings (SSSR count). The van der Waals surface area contributed by atoms with Gasteiger partial charge in [0.15, 0.2) is 0 Å². The number of hydrogen-bond donors (Lipinski definition) is 2. The number of rotatable bonds is 11. The largest absolute Gasteiger partial charge is 0.490 e. The van der Waals surface area contributed by atoms with E-state index in [4.69, 9.17) is 15.0 Å². The number of ether oxygens (including phenoxy) is 1. The van der Waals surface area contributed by atoms with Gasteiger partial charge in [0.1, 0.15) is 12.4 Å². The molecule has 0 aliphatic carbocycles. The van der Waals surface area contributed by atoms with Crippen molar-refractivity contribution in [1.82, 2.24) is 15.1 Å². The van der Waals surface area contributed by atoms with Crippen LogP contribution in [0, 0.1) is 13.8 Å². The molecule has 2 aromatic heterocycles. The van der Waals surface area contributed by atoms with Gasteiger partial charge in [0.05, 0.1) is 6.10 Å². The number of carbonyl (C=O) groups is 1. The van der Waals surface area contributed by atoms with E-state index in [0.717, 1.165) is 52.2 Å². The zero-order valence-corrected chi connectivity index (χ0v) is 20.6. The van der Waals surface area contributed by atoms with E-state index in [1.54, 1.807) is 0 Å². The van der Waals surface area contributed by atoms with Crippen molar-refractivity contribution in [2.24, 2.45) is 5.73 Å². The van der Waals surface area contributed by atoms with Crippen LogP contribution in [0.3, 0.4) is 0 Å². The van der Waals surface area contributed by atoms with Gasteiger partial charge in [-0.3, -0.25) is 9.78 Å². The highest BCUT2D eigenvalue weighted by Gasteiger charge is 2.17. The fourth-order valence-electron chi connectivity index (χ4n) is 3.78. The van der Waals surface area contributed by atoms with Gasteiger partial charge in [-0.2, -0.15) is 4.98 Å². The number of hydrogen-bond acceptors (Lipinski definition) is 7. The molecule has 0 saturated heterocycles. The van der Waals surface area contributed by atoms with E-state index < -0.39 is 12.0 Å². The topological polar surface area (TPSA) is 124 Å². The molecule has 1 aromatic carbocycles. The van der Waals surface area contributed by atoms with Crippen LogP contribution in [0.15, 0.2) is 28.8 Å². The highest BCUT2D eigenvalue weighted by molar-refractivity contribution is 5.73. The number of primary amides is 1. The molecule has 0 aliphatic heterocycles. The Morgan fingerprint density at radius 1 is 1.15 bits per heavy atom. The summed E-state index contributed by atoms with van der Waals surface area (Å²) in [6.45, 7) is 10.3. The summed E-state index contributed by atoms with van der Waals surface area (Å²) < 4.78 is 11.6. The quantitative estimate of drug-likeness (QED) is 0.426. The smallest absolute Gasteiger partial charge is 0.258 e. The maximum Gasteiger partial charge on any atom is 0.258 e. The zero-order chi connectivity index (χ0) is 24.8. The summed E-state index contributed by atoms with van der Waals surface area (Å²) in [5.41, 5.74) is 10.7. The van der Waals surface area contributed by atoms with Gasteiger partial charge < -0.3 is 20.1 Å². The second kappa shape index (κ2) is 11.2. The third-order valence-electron chi connectivity index (χ3n) is 5.51. The number of aliphatic hydroxyl groups is 1. The normalized spacial score (nSPS) is 12.2. The van der Waals surface area contributed by atoms with Gasteiger partial charge in [0.2, 0.25) is 11.7 Å². The molecule has 0 radical (unpaired) electrons. The van der Waals surface area contributed by atoms with Gasteiger partial charge >= 0.3 is 0 Å². The Hall–Kier alpha value is -3.26. The van der Waals surface area contributed by atoms with E-state index in [9.17, 15) is 9.90 Å². The van der Waals surface area contributed by atoms with Crippen molar-refractivity contribution in [2.75, 3.05) is 6.61 Å². The summed E-state index contributed by atoms with van der Waals surface area (Å²) in [5, 5.41) is 14.3. The summed E-state index contributed by atoms with van der Waals surface area (Å²) in [6.07, 6.45) is 1.36. The van der Waals surface area contributed by atoms with Crippen molar-refractivity contribution in [2.45, 2.75) is 72.3 Å². The van der Waals surface area contributed by atoms with E-state index in [1.807, 2.05) is 38.1 Å². The number of nitrogens with two attached hydrogens (primary N) is 1. The Bertz CT molecular complexity index is 1140. The SMILES string of the molecule is CCCc1cc(-c2noc(-c3cc(C)nc(C(C)C)c3)n2)cc(C)c1OC[C@@H](O)CCC(N)=O. The molecule has 0 bridgehead atoms. The first-order chi connectivity index (χ1) is 16.2. The first-order valence-corrected chi connectivity index (χ1v) is 11.7. The van der Waals surface area contributed by atoms with Crippen LogP contribution in [0.25, 0.3) is 22.8 Å². The lowest BCUT2D eigenvalue weighted by atomic mass is 10.0. The summed E-state index contributed by atoms with van der Waals surface area (Å²) >= 11 is 0. The molecule has 3 aromatic rings. The number of amides is 1. The van der Waals surface area contributed by atoms with Gasteiger partial charge in [-0.05, 0) is 68.0 Å². The van der Waals surface area contributed by atoms with Crippen LogP contribution < -0.4 is 10.5 Å². The fourth-order valence-corrected chi connectivity index (χ4v) is 3.78. The second-order valence-electron chi connectivity index (χ2n) is 9.00. The molecule has 1 amide bonds. The van der Waals surface area contributed by atoms with Gasteiger partial charge in [0.25, 0.3) is 5.89 Å². The van der Waals surface area contributed by atoms with Crippen molar-refractivity contribution >= 4 is 5.91 Å². The van der Waals surface area contributed by atoms with Crippen LogP contribution in [0.4, 0.5) is 0 Å². The molecule has 0 saturated carbocycles. The molecular formula is C26H34N4O4. The average molecular weight is 467 g/mol. The standard InChI is InChI=1S/C26H34N4O4/c1-6-7-18-12-19(10-16(4)24(18)33-14-21(31)8-9-23(27)32)25-29-26(34-30-25)20-11-17(5)28-22(13-20)15(2)3/h10-13,15,21,31H,6-9,14H2,1-5H3,(H2,27,32)/t21-/m0/s1. The summed E-state index contributed by atoms with van der Waals surface area (Å²) in [5.74, 6) is 1.55. The second-order valence-corrected chi connectivity index (χ2v) is 9.00. The highest BCUT2D eigenvalue weighted by atomic mass is 16.5. The van der Waals surface area contributed by atoms with Crippen LogP contribution in [0.1, 0.15) is 68.5 Å². The van der Waals surface area contributed by atoms with Gasteiger partial charge in [0, 0.05) is 28.9 Å². The number of aliphatic hydroxyl groups excluding tert-OH is 1. The lowest BCUT2D eigenvalue weighted by molar-refractivity contribution is -0.118. The fraction of sp³-hybridized carbons (Fsp3) is 0.462. The number of aromatic nitrogens is 3. The number of benzene rings is 1. The lowest BCUT2D eigenvalue weighted by Crippen LogP contribution is -2.21. The molecule has 182 valence electrons. The zero-order valence-electron chi connectivity index (χ0n) is 20.6. The minimum absolute atomic E-state index is 0.0934. The molecule has 1 atom stereocenters. The van der Waals surface area contributed by atoms with Crippen LogP contribution >= 0.6 is 0 Å². The molecule has 0 spiro atoms. The number of nitrogens with zero attached hydrogens (tertiary/aromatic N) is 3. The Kier molecular flexibility index (Phi) is 8.39. The van der Waals surface area contributed by atoms with Crippen LogP contribution in [-0.2, 0) is 11.2 Å². The van der Waals surface area contributed by atoms with Crippen molar-refractivity contribution in [1.29, 1.82) is 0 Å². The number of aryl methyl sites for hydroxylation is 3. The Morgan fingerprint density at radius 2 is 1.91 bits per heavy atom. The van der Waals surface area contributed by atoms with Crippen LogP contribution in [0.2, 0.25) is 0 Å². The van der Waals surface area contributed by atoms with Crippen molar-refractivity contribution in [3.63, 3.8) is 0 Å². The summed E-state index contributed by atoms with van der Waals surface area (Å²) in [6, 6.07) is 7.89. The summed E-state index contributed by atoms with van der Waals surface area (Å²) in [4.78, 5) is 20.2. The van der Waals surface area contributed by atoms with Gasteiger partial charge in [-0.25, -0.2) is 0 Å². The lowest BCUT2D eigenvalue weighted by Gasteiger charge is -2.17. The molecule has 0 fully saturated rings. The number of carbonyl (C=O) groups excluding carboxylic acids is 1. The van der Waals surface area contributed by atoms with Gasteiger partial charge in [-0.15, -0.1) is 0 Å². The molecule has 34 heavy (non-hydrogen) atoms. The minimum atomic E-state index is -0.764. The van der Waals surface area contributed by atoms with E-state index in [2.05, 4.69) is 35.9 Å². The Morgan fingerprint density at radius 3 is 2.59 bits per heavy atom. The van der Waals surface area contributed by atoms with Gasteiger partial charge in [-0.1, -0.05) is 32.3 Å². The molecular weight excluding hydrogens is 432 g/mol. The molecule has 8 heteroatoms. The first kappa shape index (κ1) is 25.4. The van der Waals surface area contributed by atoms with Crippen LogP contribution in [0.5, 0.6) is 5.75 Å². The molecule has 0 unspecified atom stereocenters. The number of pyridine rings is 1. The van der Waals surface area contributed by atoms with Crippen molar-refractivity contribution < 1.29 is 19.2 Å². The maximum atomic E-state index is 10.9. The predicted molar refractivity (Wildman–Crippen MR) is 130 cm³/mol. The predicted octanol–water partition coefficient (Wildman–Crippen LogP) is 4.50. The maximum absolute atomic E-state index is 10.9. The molecule has 8 nitrogen and oxygen atoms in total. The first-order valence-electron chi connectivity index (χ1n) is 11.7. The van der Waals surface area contributed by atoms with Crippen molar-refractivity contribution in [3.8, 4) is 28.6 Å². The minimum Gasteiger partial charge on any atom is -0.490 e. The Labute approximate surface area is 200 Å². The van der Waals surface area contributed by atoms with E-state index in [0.29, 0.717) is 17.6 Å². The third kappa shape index (κ3) is 6.41. The van der Waals surface area contributed by atoms with E-state index in [-0.39, 0.29) is 19.4 Å². The molecule has 0 aliphatic rings. The monoisotopic (exact) mass is 466 g/mol. The third-order valence-corrected chi connectivity index (χ3v) is 5.51. The molecule has 2 heterocycles.